The van der Waals surface area contributed by atoms with Gasteiger partial charge in [-0.1, -0.05) is 18.2 Å². The zero-order valence-corrected chi connectivity index (χ0v) is 13.6. The molecule has 2 atom stereocenters. The number of hydrogen-bond acceptors (Lipinski definition) is 3. The van der Waals surface area contributed by atoms with E-state index in [2.05, 4.69) is 15.6 Å². The van der Waals surface area contributed by atoms with Crippen molar-refractivity contribution in [2.24, 2.45) is 0 Å². The molecule has 0 aliphatic rings. The number of carbonyl (C=O) groups excluding carboxylic acids is 2. The fourth-order valence-corrected chi connectivity index (χ4v) is 2.63. The summed E-state index contributed by atoms with van der Waals surface area (Å²) in [6, 6.07) is 6.40. The second-order valence-corrected chi connectivity index (χ2v) is 5.82. The molecule has 2 unspecified atom stereocenters. The van der Waals surface area contributed by atoms with Gasteiger partial charge < -0.3 is 20.7 Å². The molecule has 1 aromatic carbocycles. The minimum Gasteiger partial charge on any atom is -0.481 e. The van der Waals surface area contributed by atoms with Crippen LogP contribution >= 0.6 is 0 Å². The highest BCUT2D eigenvalue weighted by Gasteiger charge is 2.23. The van der Waals surface area contributed by atoms with Crippen LogP contribution in [0.2, 0.25) is 0 Å². The van der Waals surface area contributed by atoms with E-state index in [0.29, 0.717) is 6.42 Å². The van der Waals surface area contributed by atoms with E-state index in [1.807, 2.05) is 30.5 Å². The van der Waals surface area contributed by atoms with Gasteiger partial charge >= 0.3 is 5.97 Å². The SMILES string of the molecule is CC(=O)NC(Cc1c[nH]c2ccccc12)C(=O)NC(C)CC(=O)O. The van der Waals surface area contributed by atoms with Gasteiger partial charge in [0, 0.05) is 36.5 Å². The van der Waals surface area contributed by atoms with Crippen LogP contribution in [0.3, 0.4) is 0 Å². The highest BCUT2D eigenvalue weighted by Crippen LogP contribution is 2.19. The first kappa shape index (κ1) is 17.5. The van der Waals surface area contributed by atoms with E-state index in [4.69, 9.17) is 5.11 Å². The van der Waals surface area contributed by atoms with E-state index in [9.17, 15) is 14.4 Å². The van der Waals surface area contributed by atoms with Crippen molar-refractivity contribution >= 4 is 28.7 Å². The third-order valence-corrected chi connectivity index (χ3v) is 3.66. The van der Waals surface area contributed by atoms with Crippen molar-refractivity contribution in [2.75, 3.05) is 0 Å². The number of fused-ring (bicyclic) bond motifs is 1. The monoisotopic (exact) mass is 331 g/mol. The Morgan fingerprint density at radius 2 is 1.92 bits per heavy atom. The summed E-state index contributed by atoms with van der Waals surface area (Å²) in [6.07, 6.45) is 1.95. The topological polar surface area (TPSA) is 111 Å². The number of amides is 2. The van der Waals surface area contributed by atoms with Gasteiger partial charge in [-0.05, 0) is 18.6 Å². The fraction of sp³-hybridized carbons (Fsp3) is 0.353. The number of nitrogens with one attached hydrogen (secondary N) is 3. The predicted octanol–water partition coefficient (Wildman–Crippen LogP) is 1.19. The van der Waals surface area contributed by atoms with Crippen LogP contribution in [-0.2, 0) is 20.8 Å². The highest BCUT2D eigenvalue weighted by atomic mass is 16.4. The first-order valence-corrected chi connectivity index (χ1v) is 7.71. The lowest BCUT2D eigenvalue weighted by Crippen LogP contribution is -2.50. The van der Waals surface area contributed by atoms with E-state index in [1.54, 1.807) is 6.92 Å². The normalized spacial score (nSPS) is 13.2. The van der Waals surface area contributed by atoms with E-state index >= 15 is 0 Å². The van der Waals surface area contributed by atoms with Crippen LogP contribution in [0, 0.1) is 0 Å². The molecule has 0 spiro atoms. The number of carboxylic acids is 1. The average molecular weight is 331 g/mol. The van der Waals surface area contributed by atoms with Gasteiger partial charge in [0.2, 0.25) is 11.8 Å². The van der Waals surface area contributed by atoms with Crippen LogP contribution in [0.4, 0.5) is 0 Å². The van der Waals surface area contributed by atoms with Gasteiger partial charge in [0.15, 0.2) is 0 Å². The van der Waals surface area contributed by atoms with Crippen molar-refractivity contribution in [2.45, 2.75) is 38.8 Å². The molecule has 24 heavy (non-hydrogen) atoms. The van der Waals surface area contributed by atoms with E-state index in [0.717, 1.165) is 16.5 Å². The highest BCUT2D eigenvalue weighted by molar-refractivity contribution is 5.89. The van der Waals surface area contributed by atoms with Crippen molar-refractivity contribution in [3.05, 3.63) is 36.0 Å². The molecule has 0 bridgehead atoms. The summed E-state index contributed by atoms with van der Waals surface area (Å²) in [7, 11) is 0. The van der Waals surface area contributed by atoms with Crippen molar-refractivity contribution in [1.82, 2.24) is 15.6 Å². The molecule has 2 amide bonds. The zero-order valence-electron chi connectivity index (χ0n) is 13.6. The third kappa shape index (κ3) is 4.58. The van der Waals surface area contributed by atoms with E-state index in [1.165, 1.54) is 6.92 Å². The summed E-state index contributed by atoms with van der Waals surface area (Å²) < 4.78 is 0. The first-order valence-electron chi connectivity index (χ1n) is 7.71. The standard InChI is InChI=1S/C17H21N3O4/c1-10(7-16(22)23)19-17(24)15(20-11(2)21)8-12-9-18-14-6-4-3-5-13(12)14/h3-6,9-10,15,18H,7-8H2,1-2H3,(H,19,24)(H,20,21)(H,22,23). The number of hydrogen-bond donors (Lipinski definition) is 4. The molecule has 4 N–H and O–H groups in total. The smallest absolute Gasteiger partial charge is 0.305 e. The zero-order chi connectivity index (χ0) is 17.7. The summed E-state index contributed by atoms with van der Waals surface area (Å²) in [5, 5.41) is 15.0. The molecule has 7 heteroatoms. The van der Waals surface area contributed by atoms with Gasteiger partial charge in [-0.3, -0.25) is 14.4 Å². The number of carbonyl (C=O) groups is 3. The molecule has 1 heterocycles. The summed E-state index contributed by atoms with van der Waals surface area (Å²) >= 11 is 0. The summed E-state index contributed by atoms with van der Waals surface area (Å²) in [5.74, 6) is -1.71. The molecule has 0 aliphatic carbocycles. The molecule has 2 aromatic rings. The van der Waals surface area contributed by atoms with Crippen molar-refractivity contribution < 1.29 is 19.5 Å². The average Bonchev–Trinajstić information content (AvgIpc) is 2.88. The van der Waals surface area contributed by atoms with Crippen LogP contribution in [0.1, 0.15) is 25.8 Å². The van der Waals surface area contributed by atoms with Crippen LogP contribution in [0.5, 0.6) is 0 Å². The lowest BCUT2D eigenvalue weighted by Gasteiger charge is -2.20. The number of para-hydroxylation sites is 1. The molecule has 0 saturated carbocycles. The molecule has 0 fully saturated rings. The quantitative estimate of drug-likeness (QED) is 0.611. The van der Waals surface area contributed by atoms with E-state index < -0.39 is 24.0 Å². The first-order chi connectivity index (χ1) is 11.4. The van der Waals surface area contributed by atoms with Crippen LogP contribution in [0.25, 0.3) is 10.9 Å². The molecule has 0 saturated heterocycles. The molecular formula is C17H21N3O4. The molecule has 128 valence electrons. The maximum atomic E-state index is 12.4. The summed E-state index contributed by atoms with van der Waals surface area (Å²) in [4.78, 5) is 37.7. The van der Waals surface area contributed by atoms with Gasteiger partial charge in [-0.25, -0.2) is 0 Å². The van der Waals surface area contributed by atoms with Crippen molar-refractivity contribution in [1.29, 1.82) is 0 Å². The number of aromatic nitrogens is 1. The van der Waals surface area contributed by atoms with Gasteiger partial charge in [0.05, 0.1) is 6.42 Å². The Hall–Kier alpha value is -2.83. The van der Waals surface area contributed by atoms with Gasteiger partial charge in [0.1, 0.15) is 6.04 Å². The molecule has 0 radical (unpaired) electrons. The molecular weight excluding hydrogens is 310 g/mol. The second kappa shape index (κ2) is 7.63. The lowest BCUT2D eigenvalue weighted by atomic mass is 10.0. The number of aromatic amines is 1. The lowest BCUT2D eigenvalue weighted by molar-refractivity contribution is -0.137. The van der Waals surface area contributed by atoms with Gasteiger partial charge in [-0.2, -0.15) is 0 Å². The number of carboxylic acid groups (broad SMARTS) is 1. The predicted molar refractivity (Wildman–Crippen MR) is 89.5 cm³/mol. The molecule has 0 aliphatic heterocycles. The second-order valence-electron chi connectivity index (χ2n) is 5.82. The van der Waals surface area contributed by atoms with Crippen molar-refractivity contribution in [3.63, 3.8) is 0 Å². The van der Waals surface area contributed by atoms with Gasteiger partial charge in [-0.15, -0.1) is 0 Å². The third-order valence-electron chi connectivity index (χ3n) is 3.66. The van der Waals surface area contributed by atoms with E-state index in [-0.39, 0.29) is 12.3 Å². The van der Waals surface area contributed by atoms with Crippen molar-refractivity contribution in [3.8, 4) is 0 Å². The Labute approximate surface area is 139 Å². The molecule has 2 rings (SSSR count). The summed E-state index contributed by atoms with van der Waals surface area (Å²) in [5.41, 5.74) is 1.86. The number of benzene rings is 1. The summed E-state index contributed by atoms with van der Waals surface area (Å²) in [6.45, 7) is 2.96. The van der Waals surface area contributed by atoms with Gasteiger partial charge in [0.25, 0.3) is 0 Å². The Balaban J connectivity index is 2.14. The Morgan fingerprint density at radius 3 is 2.58 bits per heavy atom. The minimum atomic E-state index is -0.990. The molecule has 1 aromatic heterocycles. The maximum absolute atomic E-state index is 12.4. The Morgan fingerprint density at radius 1 is 1.21 bits per heavy atom. The maximum Gasteiger partial charge on any atom is 0.305 e. The minimum absolute atomic E-state index is 0.175. The number of aliphatic carboxylic acids is 1. The molecule has 7 nitrogen and oxygen atoms in total. The van der Waals surface area contributed by atoms with Crippen LogP contribution in [-0.4, -0.2) is 40.0 Å². The van der Waals surface area contributed by atoms with Crippen LogP contribution in [0.15, 0.2) is 30.5 Å². The fourth-order valence-electron chi connectivity index (χ4n) is 2.63. The van der Waals surface area contributed by atoms with Crippen LogP contribution < -0.4 is 10.6 Å². The Kier molecular flexibility index (Phi) is 5.57. The number of rotatable bonds is 7. The Bertz CT molecular complexity index is 753. The number of H-pyrrole nitrogens is 1. The largest absolute Gasteiger partial charge is 0.481 e.